The molecule has 3 rings (SSSR count). The number of rotatable bonds is 6. The highest BCUT2D eigenvalue weighted by Crippen LogP contribution is 2.33. The minimum atomic E-state index is 0.622. The highest BCUT2D eigenvalue weighted by molar-refractivity contribution is 5.36. The van der Waals surface area contributed by atoms with Crippen LogP contribution in [-0.2, 0) is 6.42 Å². The van der Waals surface area contributed by atoms with Gasteiger partial charge in [0.1, 0.15) is 5.82 Å². The van der Waals surface area contributed by atoms with E-state index in [1.54, 1.807) is 0 Å². The molecule has 0 aliphatic heterocycles. The Hall–Kier alpha value is -1.42. The van der Waals surface area contributed by atoms with E-state index in [9.17, 15) is 0 Å². The molecular formula is C14H20N4. The van der Waals surface area contributed by atoms with Gasteiger partial charge in [-0.15, -0.1) is 10.2 Å². The van der Waals surface area contributed by atoms with Gasteiger partial charge in [-0.05, 0) is 31.4 Å². The second kappa shape index (κ2) is 5.06. The summed E-state index contributed by atoms with van der Waals surface area (Å²) < 4.78 is 2.06. The van der Waals surface area contributed by atoms with Gasteiger partial charge < -0.3 is 5.32 Å². The molecule has 1 unspecified atom stereocenters. The van der Waals surface area contributed by atoms with Gasteiger partial charge in [0.15, 0.2) is 5.65 Å². The van der Waals surface area contributed by atoms with Crippen molar-refractivity contribution < 1.29 is 0 Å². The van der Waals surface area contributed by atoms with Crippen LogP contribution in [-0.4, -0.2) is 27.2 Å². The fourth-order valence-electron chi connectivity index (χ4n) is 2.43. The number of hydrogen-bond donors (Lipinski definition) is 1. The third-order valence-corrected chi connectivity index (χ3v) is 3.61. The summed E-state index contributed by atoms with van der Waals surface area (Å²) in [4.78, 5) is 0. The minimum absolute atomic E-state index is 0.622. The lowest BCUT2D eigenvalue weighted by Crippen LogP contribution is -2.28. The van der Waals surface area contributed by atoms with Crippen LogP contribution in [0.3, 0.4) is 0 Å². The van der Waals surface area contributed by atoms with Crippen molar-refractivity contribution in [3.63, 3.8) is 0 Å². The molecule has 1 aliphatic carbocycles. The van der Waals surface area contributed by atoms with Gasteiger partial charge >= 0.3 is 0 Å². The summed E-state index contributed by atoms with van der Waals surface area (Å²) >= 11 is 0. The van der Waals surface area contributed by atoms with E-state index in [4.69, 9.17) is 0 Å². The largest absolute Gasteiger partial charge is 0.314 e. The molecule has 4 heteroatoms. The van der Waals surface area contributed by atoms with Crippen molar-refractivity contribution in [3.8, 4) is 0 Å². The first kappa shape index (κ1) is 11.7. The Bertz CT molecular complexity index is 515. The highest BCUT2D eigenvalue weighted by atomic mass is 15.2. The van der Waals surface area contributed by atoms with E-state index in [-0.39, 0.29) is 0 Å². The van der Waals surface area contributed by atoms with Crippen molar-refractivity contribution in [3.05, 3.63) is 30.2 Å². The number of nitrogens with zero attached hydrogens (tertiary/aromatic N) is 3. The molecule has 1 saturated carbocycles. The zero-order valence-corrected chi connectivity index (χ0v) is 10.8. The first-order valence-electron chi connectivity index (χ1n) is 6.85. The standard InChI is InChI=1S/C14H20N4/c1-11(10-12-5-6-12)15-8-7-14-17-16-13-4-2-3-9-18(13)14/h2-4,9,11-12,15H,5-8,10H2,1H3. The van der Waals surface area contributed by atoms with Gasteiger partial charge in [0, 0.05) is 25.2 Å². The summed E-state index contributed by atoms with van der Waals surface area (Å²) in [5.74, 6) is 2.03. The Kier molecular flexibility index (Phi) is 3.28. The van der Waals surface area contributed by atoms with Crippen LogP contribution in [0.15, 0.2) is 24.4 Å². The van der Waals surface area contributed by atoms with Crippen LogP contribution in [0.5, 0.6) is 0 Å². The third-order valence-electron chi connectivity index (χ3n) is 3.61. The second-order valence-electron chi connectivity index (χ2n) is 5.33. The average Bonchev–Trinajstić information content (AvgIpc) is 3.09. The predicted octanol–water partition coefficient (Wildman–Crippen LogP) is 2.05. The van der Waals surface area contributed by atoms with Crippen LogP contribution >= 0.6 is 0 Å². The molecule has 0 amide bonds. The van der Waals surface area contributed by atoms with E-state index < -0.39 is 0 Å². The number of aromatic nitrogens is 3. The fourth-order valence-corrected chi connectivity index (χ4v) is 2.43. The van der Waals surface area contributed by atoms with E-state index in [1.807, 2.05) is 24.4 Å². The van der Waals surface area contributed by atoms with E-state index in [0.717, 1.165) is 30.4 Å². The second-order valence-corrected chi connectivity index (χ2v) is 5.33. The lowest BCUT2D eigenvalue weighted by Gasteiger charge is -2.12. The molecule has 1 aliphatic rings. The van der Waals surface area contributed by atoms with Gasteiger partial charge in [0.25, 0.3) is 0 Å². The maximum Gasteiger partial charge on any atom is 0.160 e. The summed E-state index contributed by atoms with van der Waals surface area (Å²) in [6, 6.07) is 6.61. The fraction of sp³-hybridized carbons (Fsp3) is 0.571. The summed E-state index contributed by atoms with van der Waals surface area (Å²) in [6.45, 7) is 3.25. The molecule has 0 radical (unpaired) electrons. The molecule has 18 heavy (non-hydrogen) atoms. The summed E-state index contributed by atoms with van der Waals surface area (Å²) in [5.41, 5.74) is 0.929. The number of pyridine rings is 1. The molecular weight excluding hydrogens is 224 g/mol. The minimum Gasteiger partial charge on any atom is -0.314 e. The van der Waals surface area contributed by atoms with Crippen LogP contribution in [0.2, 0.25) is 0 Å². The van der Waals surface area contributed by atoms with Crippen LogP contribution < -0.4 is 5.32 Å². The Morgan fingerprint density at radius 1 is 1.39 bits per heavy atom. The predicted molar refractivity (Wildman–Crippen MR) is 71.5 cm³/mol. The molecule has 2 aromatic rings. The van der Waals surface area contributed by atoms with Crippen molar-refractivity contribution in [2.75, 3.05) is 6.54 Å². The normalized spacial score (nSPS) is 17.2. The van der Waals surface area contributed by atoms with Gasteiger partial charge in [-0.3, -0.25) is 4.40 Å². The van der Waals surface area contributed by atoms with Gasteiger partial charge in [0.05, 0.1) is 0 Å². The molecule has 1 fully saturated rings. The van der Waals surface area contributed by atoms with E-state index in [1.165, 1.54) is 19.3 Å². The van der Waals surface area contributed by atoms with Crippen LogP contribution in [0.25, 0.3) is 5.65 Å². The average molecular weight is 244 g/mol. The lowest BCUT2D eigenvalue weighted by atomic mass is 10.1. The molecule has 1 atom stereocenters. The molecule has 4 nitrogen and oxygen atoms in total. The van der Waals surface area contributed by atoms with Gasteiger partial charge in [0.2, 0.25) is 0 Å². The Morgan fingerprint density at radius 2 is 2.28 bits per heavy atom. The van der Waals surface area contributed by atoms with Crippen LogP contribution in [0, 0.1) is 5.92 Å². The summed E-state index contributed by atoms with van der Waals surface area (Å²) in [6.07, 6.45) is 7.14. The summed E-state index contributed by atoms with van der Waals surface area (Å²) in [7, 11) is 0. The third kappa shape index (κ3) is 2.70. The molecule has 0 spiro atoms. The summed E-state index contributed by atoms with van der Waals surface area (Å²) in [5, 5.41) is 12.0. The SMILES string of the molecule is CC(CC1CC1)NCCc1nnc2ccccn12. The first-order chi connectivity index (χ1) is 8.83. The molecule has 96 valence electrons. The maximum atomic E-state index is 4.24. The molecule has 2 aromatic heterocycles. The Labute approximate surface area is 107 Å². The molecule has 2 heterocycles. The molecule has 0 aromatic carbocycles. The Morgan fingerprint density at radius 3 is 3.11 bits per heavy atom. The lowest BCUT2D eigenvalue weighted by molar-refractivity contribution is 0.488. The zero-order chi connectivity index (χ0) is 12.4. The first-order valence-corrected chi connectivity index (χ1v) is 6.85. The molecule has 1 N–H and O–H groups in total. The topological polar surface area (TPSA) is 42.2 Å². The van der Waals surface area contributed by atoms with Gasteiger partial charge in [-0.2, -0.15) is 0 Å². The monoisotopic (exact) mass is 244 g/mol. The zero-order valence-electron chi connectivity index (χ0n) is 10.8. The van der Waals surface area contributed by atoms with Crippen LogP contribution in [0.4, 0.5) is 0 Å². The van der Waals surface area contributed by atoms with Crippen molar-refractivity contribution in [2.45, 2.75) is 38.6 Å². The van der Waals surface area contributed by atoms with Crippen molar-refractivity contribution in [1.82, 2.24) is 19.9 Å². The van der Waals surface area contributed by atoms with E-state index >= 15 is 0 Å². The van der Waals surface area contributed by atoms with Crippen molar-refractivity contribution in [1.29, 1.82) is 0 Å². The maximum absolute atomic E-state index is 4.24. The van der Waals surface area contributed by atoms with Gasteiger partial charge in [-0.1, -0.05) is 18.9 Å². The molecule has 0 saturated heterocycles. The van der Waals surface area contributed by atoms with E-state index in [0.29, 0.717) is 6.04 Å². The van der Waals surface area contributed by atoms with Crippen molar-refractivity contribution >= 4 is 5.65 Å². The number of nitrogens with one attached hydrogen (secondary N) is 1. The van der Waals surface area contributed by atoms with Crippen LogP contribution in [0.1, 0.15) is 32.0 Å². The smallest absolute Gasteiger partial charge is 0.160 e. The van der Waals surface area contributed by atoms with Gasteiger partial charge in [-0.25, -0.2) is 0 Å². The molecule has 0 bridgehead atoms. The Balaban J connectivity index is 1.53. The van der Waals surface area contributed by atoms with Crippen molar-refractivity contribution in [2.24, 2.45) is 5.92 Å². The number of hydrogen-bond acceptors (Lipinski definition) is 3. The van der Waals surface area contributed by atoms with E-state index in [2.05, 4.69) is 26.8 Å². The number of fused-ring (bicyclic) bond motifs is 1. The highest BCUT2D eigenvalue weighted by Gasteiger charge is 2.23. The quantitative estimate of drug-likeness (QED) is 0.845.